The fraction of sp³-hybridized carbons (Fsp3) is 0.174. The van der Waals surface area contributed by atoms with Crippen LogP contribution in [0.2, 0.25) is 0 Å². The van der Waals surface area contributed by atoms with E-state index >= 15 is 0 Å². The molecule has 1 heterocycles. The van der Waals surface area contributed by atoms with Crippen LogP contribution in [0.15, 0.2) is 48.5 Å². The number of benzene rings is 2. The average Bonchev–Trinajstić information content (AvgIpc) is 3.09. The first-order valence-corrected chi connectivity index (χ1v) is 10.2. The minimum absolute atomic E-state index is 0.157. The molecule has 3 rings (SSSR count). The molecule has 0 saturated carbocycles. The van der Waals surface area contributed by atoms with Gasteiger partial charge in [-0.25, -0.2) is 4.79 Å². The van der Waals surface area contributed by atoms with E-state index in [9.17, 15) is 14.4 Å². The molecule has 7 nitrogen and oxygen atoms in total. The molecule has 8 heteroatoms. The second-order valence-electron chi connectivity index (χ2n) is 6.76. The molecule has 0 radical (unpaired) electrons. The molecular formula is C23H22N2O5S. The van der Waals surface area contributed by atoms with Gasteiger partial charge in [0.15, 0.2) is 0 Å². The molecule has 0 aliphatic carbocycles. The maximum Gasteiger partial charge on any atom is 0.341 e. The first kappa shape index (κ1) is 22.0. The van der Waals surface area contributed by atoms with Gasteiger partial charge in [0, 0.05) is 17.3 Å². The highest BCUT2D eigenvalue weighted by atomic mass is 32.1. The summed E-state index contributed by atoms with van der Waals surface area (Å²) in [6.45, 7) is 3.53. The van der Waals surface area contributed by atoms with E-state index in [0.717, 1.165) is 16.9 Å². The van der Waals surface area contributed by atoms with Gasteiger partial charge in [-0.05, 0) is 43.7 Å². The summed E-state index contributed by atoms with van der Waals surface area (Å²) in [5, 5.41) is 5.79. The minimum Gasteiger partial charge on any atom is -0.497 e. The highest BCUT2D eigenvalue weighted by Gasteiger charge is 2.26. The first-order chi connectivity index (χ1) is 14.8. The number of rotatable bonds is 6. The van der Waals surface area contributed by atoms with E-state index in [1.807, 2.05) is 13.0 Å². The predicted octanol–water partition coefficient (Wildman–Crippen LogP) is 4.66. The summed E-state index contributed by atoms with van der Waals surface area (Å²) < 4.78 is 10.0. The molecule has 2 aromatic carbocycles. The Labute approximate surface area is 184 Å². The number of methoxy groups -OCH3 is 2. The number of thiophene rings is 1. The van der Waals surface area contributed by atoms with Crippen LogP contribution in [0.3, 0.4) is 0 Å². The molecule has 0 atom stereocenters. The SMILES string of the molecule is COC(=O)c1c(NC(=O)c2cccc(C)c2)sc(C(=O)Nc2cccc(OC)c2)c1C. The molecule has 1 aromatic heterocycles. The van der Waals surface area contributed by atoms with Crippen molar-refractivity contribution in [3.8, 4) is 5.75 Å². The normalized spacial score (nSPS) is 10.3. The van der Waals surface area contributed by atoms with Gasteiger partial charge in [-0.1, -0.05) is 23.8 Å². The number of amides is 2. The fourth-order valence-corrected chi connectivity index (χ4v) is 4.10. The number of carbonyl (C=O) groups excluding carboxylic acids is 3. The summed E-state index contributed by atoms with van der Waals surface area (Å²) in [5.74, 6) is -0.817. The van der Waals surface area contributed by atoms with Gasteiger partial charge < -0.3 is 20.1 Å². The summed E-state index contributed by atoms with van der Waals surface area (Å²) >= 11 is 1.02. The van der Waals surface area contributed by atoms with Gasteiger partial charge in [-0.3, -0.25) is 9.59 Å². The van der Waals surface area contributed by atoms with Crippen LogP contribution < -0.4 is 15.4 Å². The molecule has 0 aliphatic heterocycles. The van der Waals surface area contributed by atoms with Crippen LogP contribution in [-0.4, -0.2) is 32.0 Å². The van der Waals surface area contributed by atoms with Crippen molar-refractivity contribution >= 4 is 39.8 Å². The Morgan fingerprint density at radius 1 is 0.903 bits per heavy atom. The van der Waals surface area contributed by atoms with Crippen molar-refractivity contribution in [3.05, 3.63) is 75.7 Å². The van der Waals surface area contributed by atoms with Gasteiger partial charge in [0.1, 0.15) is 10.8 Å². The summed E-state index contributed by atoms with van der Waals surface area (Å²) in [7, 11) is 2.79. The summed E-state index contributed by atoms with van der Waals surface area (Å²) in [4.78, 5) is 38.3. The Kier molecular flexibility index (Phi) is 6.71. The zero-order chi connectivity index (χ0) is 22.5. The quantitative estimate of drug-likeness (QED) is 0.546. The molecule has 160 valence electrons. The summed E-state index contributed by atoms with van der Waals surface area (Å²) in [6, 6.07) is 14.0. The Bertz CT molecular complexity index is 1150. The lowest BCUT2D eigenvalue weighted by molar-refractivity contribution is 0.0601. The first-order valence-electron chi connectivity index (χ1n) is 9.39. The number of nitrogens with one attached hydrogen (secondary N) is 2. The van der Waals surface area contributed by atoms with E-state index in [1.165, 1.54) is 14.2 Å². The van der Waals surface area contributed by atoms with Crippen molar-refractivity contribution in [3.63, 3.8) is 0 Å². The van der Waals surface area contributed by atoms with Crippen molar-refractivity contribution in [1.82, 2.24) is 0 Å². The smallest absolute Gasteiger partial charge is 0.341 e. The molecule has 0 bridgehead atoms. The maximum absolute atomic E-state index is 12.9. The maximum atomic E-state index is 12.9. The summed E-state index contributed by atoms with van der Waals surface area (Å²) in [5.41, 5.74) is 2.51. The monoisotopic (exact) mass is 438 g/mol. The molecule has 0 unspecified atom stereocenters. The van der Waals surface area contributed by atoms with Gasteiger partial charge in [-0.2, -0.15) is 0 Å². The lowest BCUT2D eigenvalue weighted by atomic mass is 10.1. The van der Waals surface area contributed by atoms with Crippen LogP contribution in [0, 0.1) is 13.8 Å². The van der Waals surface area contributed by atoms with E-state index in [4.69, 9.17) is 9.47 Å². The van der Waals surface area contributed by atoms with Crippen LogP contribution >= 0.6 is 11.3 Å². The third-order valence-electron chi connectivity index (χ3n) is 4.58. The molecule has 0 aliphatic rings. The molecule has 2 amide bonds. The molecule has 0 fully saturated rings. The minimum atomic E-state index is -0.631. The lowest BCUT2D eigenvalue weighted by Crippen LogP contribution is -2.14. The Morgan fingerprint density at radius 3 is 2.32 bits per heavy atom. The standard InChI is InChI=1S/C23H22N2O5S/c1-13-7-5-8-15(11-13)20(26)25-22-18(23(28)30-4)14(2)19(31-22)21(27)24-16-9-6-10-17(12-16)29-3/h5-12H,1-4H3,(H,24,27)(H,25,26). The number of anilines is 2. The van der Waals surface area contributed by atoms with Crippen molar-refractivity contribution in [2.75, 3.05) is 24.9 Å². The average molecular weight is 439 g/mol. The molecule has 31 heavy (non-hydrogen) atoms. The third-order valence-corrected chi connectivity index (χ3v) is 5.78. The van der Waals surface area contributed by atoms with Crippen LogP contribution in [-0.2, 0) is 4.74 Å². The zero-order valence-corrected chi connectivity index (χ0v) is 18.4. The molecule has 0 spiro atoms. The topological polar surface area (TPSA) is 93.7 Å². The van der Waals surface area contributed by atoms with E-state index in [2.05, 4.69) is 10.6 Å². The predicted molar refractivity (Wildman–Crippen MR) is 120 cm³/mol. The lowest BCUT2D eigenvalue weighted by Gasteiger charge is -2.07. The van der Waals surface area contributed by atoms with Crippen LogP contribution in [0.1, 0.15) is 41.5 Å². The zero-order valence-electron chi connectivity index (χ0n) is 17.6. The van der Waals surface area contributed by atoms with Crippen molar-refractivity contribution in [2.24, 2.45) is 0 Å². The number of hydrogen-bond donors (Lipinski definition) is 2. The Hall–Kier alpha value is -3.65. The van der Waals surface area contributed by atoms with Crippen molar-refractivity contribution in [1.29, 1.82) is 0 Å². The second kappa shape index (κ2) is 9.44. The second-order valence-corrected chi connectivity index (χ2v) is 7.78. The summed E-state index contributed by atoms with van der Waals surface area (Å²) in [6.07, 6.45) is 0. The molecule has 3 aromatic rings. The molecule has 0 saturated heterocycles. The van der Waals surface area contributed by atoms with Crippen LogP contribution in [0.4, 0.5) is 10.7 Å². The van der Waals surface area contributed by atoms with Crippen molar-refractivity contribution < 1.29 is 23.9 Å². The van der Waals surface area contributed by atoms with Gasteiger partial charge in [0.25, 0.3) is 11.8 Å². The fourth-order valence-electron chi connectivity index (χ4n) is 3.02. The van der Waals surface area contributed by atoms with Gasteiger partial charge >= 0.3 is 5.97 Å². The van der Waals surface area contributed by atoms with E-state index in [-0.39, 0.29) is 16.5 Å². The molecule has 2 N–H and O–H groups in total. The highest BCUT2D eigenvalue weighted by molar-refractivity contribution is 7.19. The third kappa shape index (κ3) is 4.92. The van der Waals surface area contributed by atoms with Crippen molar-refractivity contribution in [2.45, 2.75) is 13.8 Å². The number of ether oxygens (including phenoxy) is 2. The van der Waals surface area contributed by atoms with Gasteiger partial charge in [0.2, 0.25) is 0 Å². The van der Waals surface area contributed by atoms with Gasteiger partial charge in [-0.15, -0.1) is 11.3 Å². The van der Waals surface area contributed by atoms with Gasteiger partial charge in [0.05, 0.1) is 24.7 Å². The highest BCUT2D eigenvalue weighted by Crippen LogP contribution is 2.34. The number of hydrogen-bond acceptors (Lipinski definition) is 6. The van der Waals surface area contributed by atoms with E-state index in [0.29, 0.717) is 27.4 Å². The van der Waals surface area contributed by atoms with E-state index in [1.54, 1.807) is 49.4 Å². The Balaban J connectivity index is 1.93. The Morgan fingerprint density at radius 2 is 1.65 bits per heavy atom. The number of esters is 1. The molecular weight excluding hydrogens is 416 g/mol. The number of aryl methyl sites for hydroxylation is 1. The van der Waals surface area contributed by atoms with E-state index < -0.39 is 11.9 Å². The van der Waals surface area contributed by atoms with Crippen LogP contribution in [0.5, 0.6) is 5.75 Å². The van der Waals surface area contributed by atoms with Crippen LogP contribution in [0.25, 0.3) is 0 Å². The number of carbonyl (C=O) groups is 3. The largest absolute Gasteiger partial charge is 0.497 e.